The molecule has 0 unspecified atom stereocenters. The van der Waals surface area contributed by atoms with Gasteiger partial charge in [0.2, 0.25) is 0 Å². The van der Waals surface area contributed by atoms with Crippen LogP contribution in [-0.2, 0) is 12.0 Å². The smallest absolute Gasteiger partial charge is 0.138 e. The van der Waals surface area contributed by atoms with Gasteiger partial charge >= 0.3 is 0 Å². The number of hydrogen-bond acceptors (Lipinski definition) is 3. The Balaban J connectivity index is 2.41. The molecule has 0 radical (unpaired) electrons. The Hall–Kier alpha value is -1.48. The molecule has 0 saturated heterocycles. The molecule has 2 rings (SSSR count). The number of hydrogen-bond donors (Lipinski definition) is 1. The molecule has 2 aromatic rings. The molecule has 0 spiro atoms. The van der Waals surface area contributed by atoms with Crippen molar-refractivity contribution in [3.8, 4) is 5.75 Å². The van der Waals surface area contributed by atoms with E-state index in [4.69, 9.17) is 9.15 Å². The Bertz CT molecular complexity index is 605. The number of rotatable bonds is 5. The van der Waals surface area contributed by atoms with Gasteiger partial charge in [0.1, 0.15) is 11.3 Å². The zero-order valence-corrected chi connectivity index (χ0v) is 14.0. The lowest BCUT2D eigenvalue weighted by molar-refractivity contribution is 0.413. The lowest BCUT2D eigenvalue weighted by Gasteiger charge is -2.20. The summed E-state index contributed by atoms with van der Waals surface area (Å²) in [4.78, 5) is 0. The van der Waals surface area contributed by atoms with Gasteiger partial charge in [-0.2, -0.15) is 0 Å². The largest absolute Gasteiger partial charge is 0.497 e. The first-order chi connectivity index (χ1) is 9.82. The fourth-order valence-electron chi connectivity index (χ4n) is 2.47. The van der Waals surface area contributed by atoms with Crippen molar-refractivity contribution in [1.29, 1.82) is 0 Å². The van der Waals surface area contributed by atoms with Crippen LogP contribution in [0.15, 0.2) is 22.8 Å². The van der Waals surface area contributed by atoms with Crippen molar-refractivity contribution < 1.29 is 9.15 Å². The van der Waals surface area contributed by atoms with E-state index in [0.29, 0.717) is 5.92 Å². The van der Waals surface area contributed by atoms with E-state index >= 15 is 0 Å². The quantitative estimate of drug-likeness (QED) is 0.881. The summed E-state index contributed by atoms with van der Waals surface area (Å²) in [7, 11) is 1.71. The second kappa shape index (κ2) is 6.10. The van der Waals surface area contributed by atoms with Crippen molar-refractivity contribution >= 4 is 11.0 Å². The number of fused-ring (bicyclic) bond motifs is 1. The molecule has 1 N–H and O–H groups in total. The third kappa shape index (κ3) is 3.59. The highest BCUT2D eigenvalue weighted by Crippen LogP contribution is 2.36. The van der Waals surface area contributed by atoms with Crippen LogP contribution in [0.4, 0.5) is 0 Å². The first-order valence-corrected chi connectivity index (χ1v) is 7.62. The molecular formula is C18H27NO2. The Labute approximate surface area is 127 Å². The molecule has 0 atom stereocenters. The van der Waals surface area contributed by atoms with Crippen LogP contribution in [0.1, 0.15) is 45.7 Å². The van der Waals surface area contributed by atoms with Crippen molar-refractivity contribution in [3.05, 3.63) is 29.5 Å². The molecule has 1 aromatic carbocycles. The minimum Gasteiger partial charge on any atom is -0.497 e. The molecule has 0 aliphatic heterocycles. The Morgan fingerprint density at radius 2 is 1.95 bits per heavy atom. The van der Waals surface area contributed by atoms with Crippen LogP contribution in [0.5, 0.6) is 5.75 Å². The molecule has 0 fully saturated rings. The van der Waals surface area contributed by atoms with E-state index in [9.17, 15) is 0 Å². The van der Waals surface area contributed by atoms with Crippen LogP contribution in [0.2, 0.25) is 0 Å². The van der Waals surface area contributed by atoms with E-state index < -0.39 is 0 Å². The maximum atomic E-state index is 5.87. The topological polar surface area (TPSA) is 34.4 Å². The van der Waals surface area contributed by atoms with Crippen molar-refractivity contribution in [3.63, 3.8) is 0 Å². The maximum absolute atomic E-state index is 5.87. The fourth-order valence-corrected chi connectivity index (χ4v) is 2.47. The predicted octanol–water partition coefficient (Wildman–Crippen LogP) is 4.48. The SMILES string of the molecule is COc1cc(C(C)(C)C)c2occ(CNCC(C)C)c2c1. The number of ether oxygens (including phenoxy) is 1. The molecule has 0 amide bonds. The molecule has 0 bridgehead atoms. The lowest BCUT2D eigenvalue weighted by Crippen LogP contribution is -2.18. The second-order valence-electron chi connectivity index (χ2n) is 7.09. The molecule has 0 aliphatic rings. The van der Waals surface area contributed by atoms with Crippen LogP contribution in [0.3, 0.4) is 0 Å². The Kier molecular flexibility index (Phi) is 4.62. The van der Waals surface area contributed by atoms with E-state index in [2.05, 4.69) is 52.1 Å². The van der Waals surface area contributed by atoms with Gasteiger partial charge in [0.25, 0.3) is 0 Å². The molecule has 0 aliphatic carbocycles. The molecule has 21 heavy (non-hydrogen) atoms. The highest BCUT2D eigenvalue weighted by molar-refractivity contribution is 5.86. The standard InChI is InChI=1S/C18H27NO2/c1-12(2)9-19-10-13-11-21-17-15(13)7-14(20-6)8-16(17)18(3,4)5/h7-8,11-12,19H,9-10H2,1-6H3. The monoisotopic (exact) mass is 289 g/mol. The highest BCUT2D eigenvalue weighted by Gasteiger charge is 2.22. The van der Waals surface area contributed by atoms with Gasteiger partial charge in [0.05, 0.1) is 13.4 Å². The van der Waals surface area contributed by atoms with Gasteiger partial charge in [-0.3, -0.25) is 0 Å². The number of nitrogens with one attached hydrogen (secondary N) is 1. The number of furan rings is 1. The zero-order valence-electron chi connectivity index (χ0n) is 14.0. The summed E-state index contributed by atoms with van der Waals surface area (Å²) in [5.74, 6) is 1.53. The minimum absolute atomic E-state index is 0.0211. The summed E-state index contributed by atoms with van der Waals surface area (Å²) in [5, 5.41) is 4.62. The molecule has 0 saturated carbocycles. The summed E-state index contributed by atoms with van der Waals surface area (Å²) in [6.07, 6.45) is 1.87. The summed E-state index contributed by atoms with van der Waals surface area (Å²) in [5.41, 5.74) is 3.37. The van der Waals surface area contributed by atoms with Gasteiger partial charge in [-0.25, -0.2) is 0 Å². The Morgan fingerprint density at radius 1 is 1.24 bits per heavy atom. The summed E-state index contributed by atoms with van der Waals surface area (Å²) in [6.45, 7) is 12.8. The molecule has 116 valence electrons. The third-order valence-electron chi connectivity index (χ3n) is 3.64. The van der Waals surface area contributed by atoms with E-state index in [0.717, 1.165) is 29.8 Å². The van der Waals surface area contributed by atoms with Crippen molar-refractivity contribution in [2.24, 2.45) is 5.92 Å². The van der Waals surface area contributed by atoms with Crippen LogP contribution >= 0.6 is 0 Å². The van der Waals surface area contributed by atoms with Crippen molar-refractivity contribution in [2.45, 2.75) is 46.6 Å². The van der Waals surface area contributed by atoms with Crippen LogP contribution in [-0.4, -0.2) is 13.7 Å². The molecule has 3 heteroatoms. The molecular weight excluding hydrogens is 262 g/mol. The summed E-state index contributed by atoms with van der Waals surface area (Å²) < 4.78 is 11.3. The Morgan fingerprint density at radius 3 is 2.52 bits per heavy atom. The fraction of sp³-hybridized carbons (Fsp3) is 0.556. The van der Waals surface area contributed by atoms with Crippen LogP contribution in [0.25, 0.3) is 11.0 Å². The minimum atomic E-state index is 0.0211. The summed E-state index contributed by atoms with van der Waals surface area (Å²) >= 11 is 0. The average Bonchev–Trinajstić information content (AvgIpc) is 2.79. The second-order valence-corrected chi connectivity index (χ2v) is 7.09. The number of benzene rings is 1. The van der Waals surface area contributed by atoms with Crippen LogP contribution < -0.4 is 10.1 Å². The third-order valence-corrected chi connectivity index (χ3v) is 3.64. The number of methoxy groups -OCH3 is 1. The predicted molar refractivity (Wildman–Crippen MR) is 88.0 cm³/mol. The summed E-state index contributed by atoms with van der Waals surface area (Å²) in [6, 6.07) is 4.15. The lowest BCUT2D eigenvalue weighted by atomic mass is 9.85. The molecule has 3 nitrogen and oxygen atoms in total. The van der Waals surface area contributed by atoms with E-state index in [1.807, 2.05) is 6.26 Å². The zero-order chi connectivity index (χ0) is 15.6. The molecule has 1 heterocycles. The van der Waals surface area contributed by atoms with Crippen molar-refractivity contribution in [1.82, 2.24) is 5.32 Å². The van der Waals surface area contributed by atoms with Crippen LogP contribution in [0, 0.1) is 5.92 Å². The van der Waals surface area contributed by atoms with Gasteiger partial charge in [0.15, 0.2) is 0 Å². The normalized spacial score (nSPS) is 12.3. The first kappa shape index (κ1) is 15.9. The van der Waals surface area contributed by atoms with E-state index in [1.165, 1.54) is 11.1 Å². The van der Waals surface area contributed by atoms with Crippen molar-refractivity contribution in [2.75, 3.05) is 13.7 Å². The van der Waals surface area contributed by atoms with E-state index in [1.54, 1.807) is 7.11 Å². The van der Waals surface area contributed by atoms with Gasteiger partial charge in [-0.05, 0) is 30.0 Å². The average molecular weight is 289 g/mol. The molecule has 1 aromatic heterocycles. The van der Waals surface area contributed by atoms with Gasteiger partial charge in [-0.15, -0.1) is 0 Å². The van der Waals surface area contributed by atoms with Gasteiger partial charge in [-0.1, -0.05) is 34.6 Å². The van der Waals surface area contributed by atoms with Gasteiger partial charge in [0, 0.05) is 23.1 Å². The maximum Gasteiger partial charge on any atom is 0.138 e. The van der Waals surface area contributed by atoms with E-state index in [-0.39, 0.29) is 5.41 Å². The van der Waals surface area contributed by atoms with Gasteiger partial charge < -0.3 is 14.5 Å². The highest BCUT2D eigenvalue weighted by atomic mass is 16.5. The first-order valence-electron chi connectivity index (χ1n) is 7.62.